The number of benzene rings is 2. The third-order valence-corrected chi connectivity index (χ3v) is 6.80. The highest BCUT2D eigenvalue weighted by Gasteiger charge is 2.18. The minimum Gasteiger partial charge on any atom is -0.506 e. The number of hydrogen-bond donors (Lipinski definition) is 2. The number of aromatic hydroxyl groups is 2. The first-order valence-corrected chi connectivity index (χ1v) is 12.8. The topological polar surface area (TPSA) is 96.3 Å². The summed E-state index contributed by atoms with van der Waals surface area (Å²) >= 11 is 8.06. The Bertz CT molecular complexity index is 878. The van der Waals surface area contributed by atoms with Crippen molar-refractivity contribution in [1.82, 2.24) is 4.90 Å². The second-order valence-electron chi connectivity index (χ2n) is 6.14. The number of halogens is 4. The molecule has 0 aliphatic carbocycles. The van der Waals surface area contributed by atoms with Crippen LogP contribution in [0.5, 0.6) is 11.5 Å². The first kappa shape index (κ1) is 26.1. The maximum atomic E-state index is 12.2. The molecular weight excluding hydrogens is 846 g/mol. The molecule has 0 atom stereocenters. The predicted octanol–water partition coefficient (Wildman–Crippen LogP) is 4.46. The SMILES string of the molecule is CN(CCOC(=O)c1cc(I)cc(I)c1O)CCOC(=O)c1cc(I)cc(I)c1O. The number of rotatable bonds is 8. The predicted molar refractivity (Wildman–Crippen MR) is 145 cm³/mol. The van der Waals surface area contributed by atoms with E-state index in [4.69, 9.17) is 9.47 Å². The van der Waals surface area contributed by atoms with Crippen molar-refractivity contribution in [3.05, 3.63) is 49.7 Å². The van der Waals surface area contributed by atoms with Crippen molar-refractivity contribution in [1.29, 1.82) is 0 Å². The molecule has 0 aliphatic heterocycles. The van der Waals surface area contributed by atoms with Gasteiger partial charge in [-0.25, -0.2) is 9.59 Å². The second kappa shape index (κ2) is 12.2. The number of hydrogen-bond acceptors (Lipinski definition) is 7. The molecule has 0 heterocycles. The minimum atomic E-state index is -0.590. The molecule has 162 valence electrons. The van der Waals surface area contributed by atoms with E-state index in [2.05, 4.69) is 45.2 Å². The molecule has 0 aliphatic rings. The first-order chi connectivity index (χ1) is 14.1. The lowest BCUT2D eigenvalue weighted by atomic mass is 10.2. The summed E-state index contributed by atoms with van der Waals surface area (Å²) in [6.07, 6.45) is 0. The number of phenols is 2. The molecule has 7 nitrogen and oxygen atoms in total. The van der Waals surface area contributed by atoms with Gasteiger partial charge in [0.25, 0.3) is 0 Å². The summed E-state index contributed by atoms with van der Waals surface area (Å²) in [5, 5.41) is 20.1. The van der Waals surface area contributed by atoms with Crippen LogP contribution in [-0.4, -0.2) is 60.4 Å². The van der Waals surface area contributed by atoms with Gasteiger partial charge in [-0.3, -0.25) is 4.90 Å². The Hall–Kier alpha value is -0.140. The van der Waals surface area contributed by atoms with E-state index in [1.807, 2.05) is 50.1 Å². The maximum absolute atomic E-state index is 12.2. The first-order valence-electron chi connectivity index (χ1n) is 8.49. The van der Waals surface area contributed by atoms with E-state index in [-0.39, 0.29) is 35.8 Å². The van der Waals surface area contributed by atoms with E-state index < -0.39 is 11.9 Å². The molecule has 0 bridgehead atoms. The Labute approximate surface area is 228 Å². The molecule has 2 aromatic rings. The van der Waals surface area contributed by atoms with Gasteiger partial charge in [-0.15, -0.1) is 0 Å². The van der Waals surface area contributed by atoms with Crippen LogP contribution < -0.4 is 0 Å². The van der Waals surface area contributed by atoms with Crippen molar-refractivity contribution < 1.29 is 29.3 Å². The van der Waals surface area contributed by atoms with Gasteiger partial charge < -0.3 is 19.7 Å². The summed E-state index contributed by atoms with van der Waals surface area (Å²) < 4.78 is 13.3. The van der Waals surface area contributed by atoms with E-state index in [1.165, 1.54) is 0 Å². The Morgan fingerprint density at radius 1 is 0.800 bits per heavy atom. The van der Waals surface area contributed by atoms with Crippen LogP contribution in [0.2, 0.25) is 0 Å². The molecule has 0 amide bonds. The van der Waals surface area contributed by atoms with Crippen molar-refractivity contribution in [2.45, 2.75) is 0 Å². The van der Waals surface area contributed by atoms with Gasteiger partial charge in [0.1, 0.15) is 35.8 Å². The molecule has 30 heavy (non-hydrogen) atoms. The molecule has 0 radical (unpaired) electrons. The highest BCUT2D eigenvalue weighted by Crippen LogP contribution is 2.28. The van der Waals surface area contributed by atoms with Gasteiger partial charge >= 0.3 is 11.9 Å². The smallest absolute Gasteiger partial charge is 0.342 e. The number of likely N-dealkylation sites (N-methyl/N-ethyl adjacent to an activating group) is 1. The minimum absolute atomic E-state index is 0.0882. The lowest BCUT2D eigenvalue weighted by Crippen LogP contribution is -2.28. The fourth-order valence-electron chi connectivity index (χ4n) is 2.30. The summed E-state index contributed by atoms with van der Waals surface area (Å²) in [6, 6.07) is 6.67. The fraction of sp³-hybridized carbons (Fsp3) is 0.263. The fourth-order valence-corrected chi connectivity index (χ4v) is 5.99. The third kappa shape index (κ3) is 7.47. The zero-order valence-electron chi connectivity index (χ0n) is 15.6. The number of ether oxygens (including phenoxy) is 2. The largest absolute Gasteiger partial charge is 0.506 e. The molecule has 2 aromatic carbocycles. The van der Waals surface area contributed by atoms with Crippen molar-refractivity contribution >= 4 is 102 Å². The van der Waals surface area contributed by atoms with Gasteiger partial charge in [0.05, 0.1) is 7.14 Å². The van der Waals surface area contributed by atoms with Gasteiger partial charge in [-0.1, -0.05) is 0 Å². The number of phenolic OH excluding ortho intramolecular Hbond substituents is 2. The lowest BCUT2D eigenvalue weighted by Gasteiger charge is -2.17. The lowest BCUT2D eigenvalue weighted by molar-refractivity contribution is 0.0416. The van der Waals surface area contributed by atoms with Crippen LogP contribution in [0.1, 0.15) is 20.7 Å². The van der Waals surface area contributed by atoms with Crippen LogP contribution in [0, 0.1) is 14.3 Å². The molecule has 2 rings (SSSR count). The molecule has 0 fully saturated rings. The Balaban J connectivity index is 1.77. The summed E-state index contributed by atoms with van der Waals surface area (Å²) in [5.41, 5.74) is 0.268. The van der Waals surface area contributed by atoms with Crippen LogP contribution in [0.4, 0.5) is 0 Å². The van der Waals surface area contributed by atoms with Gasteiger partial charge in [0, 0.05) is 20.2 Å². The van der Waals surface area contributed by atoms with E-state index in [1.54, 1.807) is 31.3 Å². The summed E-state index contributed by atoms with van der Waals surface area (Å²) in [5.74, 6) is -1.36. The highest BCUT2D eigenvalue weighted by atomic mass is 127. The van der Waals surface area contributed by atoms with Gasteiger partial charge in [-0.2, -0.15) is 0 Å². The van der Waals surface area contributed by atoms with E-state index >= 15 is 0 Å². The molecule has 0 saturated carbocycles. The van der Waals surface area contributed by atoms with E-state index in [9.17, 15) is 19.8 Å². The van der Waals surface area contributed by atoms with Crippen LogP contribution in [0.25, 0.3) is 0 Å². The number of nitrogens with zero attached hydrogens (tertiary/aromatic N) is 1. The quantitative estimate of drug-likeness (QED) is 0.299. The van der Waals surface area contributed by atoms with Crippen LogP contribution in [-0.2, 0) is 9.47 Å². The Morgan fingerprint density at radius 3 is 1.53 bits per heavy atom. The van der Waals surface area contributed by atoms with Gasteiger partial charge in [0.15, 0.2) is 0 Å². The maximum Gasteiger partial charge on any atom is 0.342 e. The molecule has 2 N–H and O–H groups in total. The standard InChI is InChI=1S/C19H17I4NO6/c1-24(2-4-29-18(27)12-6-10(20)8-14(22)16(12)25)3-5-30-19(28)13-7-11(21)9-15(23)17(13)26/h6-9,25-26H,2-5H2,1H3. The third-order valence-electron chi connectivity index (χ3n) is 3.91. The van der Waals surface area contributed by atoms with E-state index in [0.29, 0.717) is 20.2 Å². The van der Waals surface area contributed by atoms with Crippen molar-refractivity contribution in [3.63, 3.8) is 0 Å². The molecular formula is C19H17I4NO6. The van der Waals surface area contributed by atoms with Crippen molar-refractivity contribution in [2.75, 3.05) is 33.4 Å². The number of esters is 2. The number of carbonyl (C=O) groups excluding carboxylic acids is 2. The van der Waals surface area contributed by atoms with Crippen molar-refractivity contribution in [2.24, 2.45) is 0 Å². The average Bonchev–Trinajstić information content (AvgIpc) is 2.67. The summed E-state index contributed by atoms with van der Waals surface area (Å²) in [7, 11) is 1.80. The Kier molecular flexibility index (Phi) is 10.6. The van der Waals surface area contributed by atoms with Crippen LogP contribution in [0.3, 0.4) is 0 Å². The molecule has 0 spiro atoms. The molecule has 0 saturated heterocycles. The molecule has 0 aromatic heterocycles. The summed E-state index contributed by atoms with van der Waals surface area (Å²) in [6.45, 7) is 1.11. The monoisotopic (exact) mass is 863 g/mol. The molecule has 11 heteroatoms. The number of carbonyl (C=O) groups is 2. The highest BCUT2D eigenvalue weighted by molar-refractivity contribution is 14.1. The second-order valence-corrected chi connectivity index (χ2v) is 11.0. The van der Waals surface area contributed by atoms with Gasteiger partial charge in [-0.05, 0) is 122 Å². The van der Waals surface area contributed by atoms with Crippen molar-refractivity contribution in [3.8, 4) is 11.5 Å². The normalized spacial score (nSPS) is 10.9. The Morgan fingerprint density at radius 2 is 1.17 bits per heavy atom. The molecule has 0 unspecified atom stereocenters. The van der Waals surface area contributed by atoms with Crippen LogP contribution >= 0.6 is 90.4 Å². The zero-order valence-corrected chi connectivity index (χ0v) is 24.3. The zero-order chi connectivity index (χ0) is 22.4. The van der Waals surface area contributed by atoms with Crippen LogP contribution in [0.15, 0.2) is 24.3 Å². The van der Waals surface area contributed by atoms with Gasteiger partial charge in [0.2, 0.25) is 0 Å². The van der Waals surface area contributed by atoms with E-state index in [0.717, 1.165) is 7.14 Å². The average molecular weight is 863 g/mol. The summed E-state index contributed by atoms with van der Waals surface area (Å²) in [4.78, 5) is 26.2.